The molecule has 3 nitrogen and oxygen atoms in total. The van der Waals surface area contributed by atoms with Gasteiger partial charge in [0.2, 0.25) is 0 Å². The molecule has 0 spiro atoms. The molecule has 3 N–H and O–H groups in total. The quantitative estimate of drug-likeness (QED) is 0.884. The van der Waals surface area contributed by atoms with Crippen molar-refractivity contribution >= 4 is 5.91 Å². The van der Waals surface area contributed by atoms with Crippen LogP contribution in [0.15, 0.2) is 18.2 Å². The average molecular weight is 268 g/mol. The highest BCUT2D eigenvalue weighted by molar-refractivity contribution is 5.94. The maximum atomic E-state index is 13.4. The summed E-state index contributed by atoms with van der Waals surface area (Å²) < 4.78 is 26.4. The predicted molar refractivity (Wildman–Crippen MR) is 68.7 cm³/mol. The number of carbonyl (C=O) groups excluding carboxylic acids is 1. The van der Waals surface area contributed by atoms with Crippen molar-refractivity contribution < 1.29 is 13.6 Å². The normalized spacial score (nSPS) is 18.1. The van der Waals surface area contributed by atoms with E-state index in [1.807, 2.05) is 0 Å². The van der Waals surface area contributed by atoms with Crippen molar-refractivity contribution in [2.45, 2.75) is 37.6 Å². The molecule has 0 aromatic heterocycles. The molecular weight excluding hydrogens is 250 g/mol. The molecule has 1 fully saturated rings. The fourth-order valence-corrected chi connectivity index (χ4v) is 2.46. The lowest BCUT2D eigenvalue weighted by Gasteiger charge is -2.33. The molecule has 104 valence electrons. The zero-order chi connectivity index (χ0) is 13.9. The number of amides is 1. The van der Waals surface area contributed by atoms with E-state index in [0.29, 0.717) is 6.54 Å². The van der Waals surface area contributed by atoms with Gasteiger partial charge in [-0.05, 0) is 31.0 Å². The molecule has 1 aliphatic carbocycles. The van der Waals surface area contributed by atoms with Crippen LogP contribution >= 0.6 is 0 Å². The van der Waals surface area contributed by atoms with Crippen LogP contribution in [0.5, 0.6) is 0 Å². The molecule has 1 aromatic rings. The summed E-state index contributed by atoms with van der Waals surface area (Å²) in [5, 5.41) is 2.61. The van der Waals surface area contributed by atoms with Crippen LogP contribution in [-0.2, 0) is 0 Å². The lowest BCUT2D eigenvalue weighted by atomic mass is 9.82. The third-order valence-electron chi connectivity index (χ3n) is 3.62. The van der Waals surface area contributed by atoms with Gasteiger partial charge < -0.3 is 11.1 Å². The van der Waals surface area contributed by atoms with Crippen molar-refractivity contribution in [3.05, 3.63) is 35.4 Å². The van der Waals surface area contributed by atoms with Gasteiger partial charge in [0.05, 0.1) is 5.56 Å². The van der Waals surface area contributed by atoms with E-state index < -0.39 is 23.1 Å². The molecule has 0 saturated heterocycles. The maximum Gasteiger partial charge on any atom is 0.254 e. The fourth-order valence-electron chi connectivity index (χ4n) is 2.46. The third-order valence-corrected chi connectivity index (χ3v) is 3.62. The molecule has 0 atom stereocenters. The first-order valence-corrected chi connectivity index (χ1v) is 6.52. The monoisotopic (exact) mass is 268 g/mol. The molecular formula is C14H18F2N2O. The first-order valence-electron chi connectivity index (χ1n) is 6.52. The number of hydrogen-bond donors (Lipinski definition) is 2. The Morgan fingerprint density at radius 1 is 1.26 bits per heavy atom. The molecule has 0 bridgehead atoms. The molecule has 19 heavy (non-hydrogen) atoms. The Bertz CT molecular complexity index is 471. The highest BCUT2D eigenvalue weighted by atomic mass is 19.1. The number of nitrogens with two attached hydrogens (primary N) is 1. The molecule has 1 aliphatic rings. The van der Waals surface area contributed by atoms with Gasteiger partial charge in [-0.15, -0.1) is 0 Å². The second-order valence-electron chi connectivity index (χ2n) is 5.23. The van der Waals surface area contributed by atoms with Crippen LogP contribution in [0.25, 0.3) is 0 Å². The van der Waals surface area contributed by atoms with E-state index in [1.165, 1.54) is 0 Å². The SMILES string of the molecule is NC1(CNC(=O)c2cc(F)ccc2F)CCCCC1. The van der Waals surface area contributed by atoms with Crippen molar-refractivity contribution in [1.29, 1.82) is 0 Å². The van der Waals surface area contributed by atoms with E-state index >= 15 is 0 Å². The van der Waals surface area contributed by atoms with Gasteiger partial charge in [0, 0.05) is 12.1 Å². The standard InChI is InChI=1S/C14H18F2N2O/c15-10-4-5-12(16)11(8-10)13(19)18-9-14(17)6-2-1-3-7-14/h4-5,8H,1-3,6-7,9,17H2,(H,18,19). The number of carbonyl (C=O) groups is 1. The fraction of sp³-hybridized carbons (Fsp3) is 0.500. The summed E-state index contributed by atoms with van der Waals surface area (Å²) >= 11 is 0. The van der Waals surface area contributed by atoms with Gasteiger partial charge in [-0.3, -0.25) is 4.79 Å². The van der Waals surface area contributed by atoms with Gasteiger partial charge in [-0.25, -0.2) is 8.78 Å². The van der Waals surface area contributed by atoms with Crippen LogP contribution in [0.1, 0.15) is 42.5 Å². The van der Waals surface area contributed by atoms with Crippen LogP contribution in [0.3, 0.4) is 0 Å². The van der Waals surface area contributed by atoms with Gasteiger partial charge in [0.15, 0.2) is 0 Å². The zero-order valence-corrected chi connectivity index (χ0v) is 10.7. The first kappa shape index (κ1) is 13.9. The number of benzene rings is 1. The number of rotatable bonds is 3. The molecule has 0 radical (unpaired) electrons. The van der Waals surface area contributed by atoms with E-state index in [-0.39, 0.29) is 5.56 Å². The lowest BCUT2D eigenvalue weighted by Crippen LogP contribution is -2.51. The number of halogens is 2. The van der Waals surface area contributed by atoms with Gasteiger partial charge in [0.1, 0.15) is 11.6 Å². The Labute approximate surface area is 111 Å². The molecule has 0 unspecified atom stereocenters. The van der Waals surface area contributed by atoms with Crippen molar-refractivity contribution in [3.8, 4) is 0 Å². The van der Waals surface area contributed by atoms with E-state index in [9.17, 15) is 13.6 Å². The molecule has 0 heterocycles. The highest BCUT2D eigenvalue weighted by Crippen LogP contribution is 2.25. The largest absolute Gasteiger partial charge is 0.350 e. The van der Waals surface area contributed by atoms with Crippen LogP contribution < -0.4 is 11.1 Å². The predicted octanol–water partition coefficient (Wildman–Crippen LogP) is 2.36. The Morgan fingerprint density at radius 3 is 2.63 bits per heavy atom. The van der Waals surface area contributed by atoms with Crippen molar-refractivity contribution in [1.82, 2.24) is 5.32 Å². The molecule has 5 heteroatoms. The summed E-state index contributed by atoms with van der Waals surface area (Å²) in [6.45, 7) is 0.293. The second kappa shape index (κ2) is 5.65. The number of nitrogens with one attached hydrogen (secondary N) is 1. The van der Waals surface area contributed by atoms with Gasteiger partial charge in [0.25, 0.3) is 5.91 Å². The van der Waals surface area contributed by atoms with Crippen LogP contribution in [0.4, 0.5) is 8.78 Å². The highest BCUT2D eigenvalue weighted by Gasteiger charge is 2.28. The average Bonchev–Trinajstić information content (AvgIpc) is 2.40. The Kier molecular flexibility index (Phi) is 4.14. The Hall–Kier alpha value is -1.49. The van der Waals surface area contributed by atoms with Gasteiger partial charge >= 0.3 is 0 Å². The van der Waals surface area contributed by atoms with E-state index in [4.69, 9.17) is 5.73 Å². The van der Waals surface area contributed by atoms with Crippen LogP contribution in [0.2, 0.25) is 0 Å². The van der Waals surface area contributed by atoms with Crippen molar-refractivity contribution in [2.75, 3.05) is 6.54 Å². The van der Waals surface area contributed by atoms with Crippen molar-refractivity contribution in [2.24, 2.45) is 5.73 Å². The zero-order valence-electron chi connectivity index (χ0n) is 10.7. The number of hydrogen-bond acceptors (Lipinski definition) is 2. The summed E-state index contributed by atoms with van der Waals surface area (Å²) in [7, 11) is 0. The minimum Gasteiger partial charge on any atom is -0.350 e. The van der Waals surface area contributed by atoms with E-state index in [0.717, 1.165) is 50.3 Å². The summed E-state index contributed by atoms with van der Waals surface area (Å²) in [6.07, 6.45) is 4.94. The van der Waals surface area contributed by atoms with E-state index in [2.05, 4.69) is 5.32 Å². The van der Waals surface area contributed by atoms with Crippen LogP contribution in [0, 0.1) is 11.6 Å². The lowest BCUT2D eigenvalue weighted by molar-refractivity contribution is 0.0933. The Balaban J connectivity index is 1.99. The molecule has 1 aromatic carbocycles. The maximum absolute atomic E-state index is 13.4. The second-order valence-corrected chi connectivity index (χ2v) is 5.23. The third kappa shape index (κ3) is 3.50. The molecule has 2 rings (SSSR count). The summed E-state index contributed by atoms with van der Waals surface area (Å²) in [5.41, 5.74) is 5.47. The Morgan fingerprint density at radius 2 is 1.95 bits per heavy atom. The van der Waals surface area contributed by atoms with Gasteiger partial charge in [-0.1, -0.05) is 19.3 Å². The van der Waals surface area contributed by atoms with Crippen LogP contribution in [-0.4, -0.2) is 18.0 Å². The summed E-state index contributed by atoms with van der Waals surface area (Å²) in [5.74, 6) is -1.98. The molecule has 1 saturated carbocycles. The molecule has 0 aliphatic heterocycles. The minimum atomic E-state index is -0.728. The topological polar surface area (TPSA) is 55.1 Å². The minimum absolute atomic E-state index is 0.278. The summed E-state index contributed by atoms with van der Waals surface area (Å²) in [6, 6.07) is 2.83. The smallest absolute Gasteiger partial charge is 0.254 e. The van der Waals surface area contributed by atoms with Crippen molar-refractivity contribution in [3.63, 3.8) is 0 Å². The first-order chi connectivity index (χ1) is 9.00. The summed E-state index contributed by atoms with van der Waals surface area (Å²) in [4.78, 5) is 11.8. The van der Waals surface area contributed by atoms with E-state index in [1.54, 1.807) is 0 Å². The van der Waals surface area contributed by atoms with Gasteiger partial charge in [-0.2, -0.15) is 0 Å². The molecule has 1 amide bonds.